The minimum Gasteiger partial charge on any atom is -0.444 e. The van der Waals surface area contributed by atoms with Crippen LogP contribution in [0.5, 0.6) is 0 Å². The number of alkyl carbamates (subject to hydrolysis) is 1. The second-order valence-corrected chi connectivity index (χ2v) is 5.92. The zero-order valence-electron chi connectivity index (χ0n) is 12.5. The third-order valence-corrected chi connectivity index (χ3v) is 3.13. The van der Waals surface area contributed by atoms with Crippen LogP contribution >= 0.6 is 0 Å². The molecule has 1 aromatic rings. The van der Waals surface area contributed by atoms with Crippen LogP contribution in [0, 0.1) is 6.92 Å². The molecule has 2 rings (SSSR count). The number of carbonyl (C=O) groups is 2. The number of rotatable bonds is 2. The van der Waals surface area contributed by atoms with E-state index >= 15 is 0 Å². The maximum atomic E-state index is 11.6. The zero-order chi connectivity index (χ0) is 15.8. The molecule has 6 heteroatoms. The van der Waals surface area contributed by atoms with E-state index in [0.29, 0.717) is 11.1 Å². The fraction of sp³-hybridized carbons (Fsp3) is 0.467. The normalized spacial score (nSPS) is 17.2. The van der Waals surface area contributed by atoms with Gasteiger partial charge in [-0.2, -0.15) is 0 Å². The Kier molecular flexibility index (Phi) is 3.91. The maximum Gasteiger partial charge on any atom is 0.407 e. The molecule has 0 fully saturated rings. The summed E-state index contributed by atoms with van der Waals surface area (Å²) in [4.78, 5) is 23.1. The highest BCUT2D eigenvalue weighted by molar-refractivity contribution is 5.94. The lowest BCUT2D eigenvalue weighted by Crippen LogP contribution is -2.32. The van der Waals surface area contributed by atoms with E-state index in [0.717, 1.165) is 11.1 Å². The van der Waals surface area contributed by atoms with E-state index in [2.05, 4.69) is 5.32 Å². The van der Waals surface area contributed by atoms with Gasteiger partial charge in [0.25, 0.3) is 0 Å². The van der Waals surface area contributed by atoms with E-state index in [4.69, 9.17) is 9.47 Å². The molecule has 1 aliphatic rings. The molecule has 0 spiro atoms. The average Bonchev–Trinajstić information content (AvgIpc) is 2.62. The summed E-state index contributed by atoms with van der Waals surface area (Å²) in [7, 11) is 0. The second kappa shape index (κ2) is 5.37. The van der Waals surface area contributed by atoms with E-state index in [-0.39, 0.29) is 6.54 Å². The molecule has 6 nitrogen and oxygen atoms in total. The van der Waals surface area contributed by atoms with Gasteiger partial charge in [0.15, 0.2) is 0 Å². The van der Waals surface area contributed by atoms with E-state index in [1.165, 1.54) is 0 Å². The van der Waals surface area contributed by atoms with E-state index in [1.807, 2.05) is 0 Å². The van der Waals surface area contributed by atoms with Crippen molar-refractivity contribution in [3.05, 3.63) is 34.4 Å². The minimum atomic E-state index is -1.24. The molecule has 2 N–H and O–H groups in total. The van der Waals surface area contributed by atoms with Gasteiger partial charge in [-0.05, 0) is 44.9 Å². The molecule has 114 valence electrons. The number of fused-ring (bicyclic) bond motifs is 1. The molecular formula is C15H19NO5. The van der Waals surface area contributed by atoms with Crippen molar-refractivity contribution in [1.82, 2.24) is 5.32 Å². The van der Waals surface area contributed by atoms with Gasteiger partial charge in [-0.3, -0.25) is 0 Å². The van der Waals surface area contributed by atoms with Gasteiger partial charge in [-0.25, -0.2) is 9.59 Å². The van der Waals surface area contributed by atoms with Crippen LogP contribution in [0.15, 0.2) is 12.1 Å². The van der Waals surface area contributed by atoms with Crippen molar-refractivity contribution >= 4 is 12.1 Å². The average molecular weight is 293 g/mol. The molecule has 21 heavy (non-hydrogen) atoms. The number of aliphatic hydroxyl groups is 1. The number of nitrogens with one attached hydrogen (secondary N) is 1. The molecule has 0 aliphatic carbocycles. The lowest BCUT2D eigenvalue weighted by Gasteiger charge is -2.20. The van der Waals surface area contributed by atoms with Crippen LogP contribution in [-0.4, -0.2) is 22.8 Å². The molecule has 1 aromatic carbocycles. The standard InChI is InChI=1S/C15H19NO5/c1-8-9(7-16-14(19)21-15(2,3)4)5-6-10-11(8)13(18)20-12(10)17/h5-6,13,18H,7H2,1-4H3,(H,16,19). The maximum absolute atomic E-state index is 11.6. The van der Waals surface area contributed by atoms with Crippen LogP contribution in [0.3, 0.4) is 0 Å². The SMILES string of the molecule is Cc1c(CNC(=O)OC(C)(C)C)ccc2c1C(O)OC2=O. The highest BCUT2D eigenvalue weighted by Crippen LogP contribution is 2.32. The summed E-state index contributed by atoms with van der Waals surface area (Å²) in [5.41, 5.74) is 1.77. The minimum absolute atomic E-state index is 0.245. The zero-order valence-corrected chi connectivity index (χ0v) is 12.5. The van der Waals surface area contributed by atoms with Crippen molar-refractivity contribution in [3.8, 4) is 0 Å². The Morgan fingerprint density at radius 2 is 2.10 bits per heavy atom. The van der Waals surface area contributed by atoms with Gasteiger partial charge in [-0.15, -0.1) is 0 Å². The summed E-state index contributed by atoms with van der Waals surface area (Å²) in [6, 6.07) is 3.32. The Labute approximate surface area is 123 Å². The summed E-state index contributed by atoms with van der Waals surface area (Å²) < 4.78 is 9.92. The highest BCUT2D eigenvalue weighted by Gasteiger charge is 2.31. The number of benzene rings is 1. The van der Waals surface area contributed by atoms with Crippen LogP contribution in [-0.2, 0) is 16.0 Å². The lowest BCUT2D eigenvalue weighted by molar-refractivity contribution is -0.0550. The van der Waals surface area contributed by atoms with E-state index < -0.39 is 24.0 Å². The molecular weight excluding hydrogens is 274 g/mol. The van der Waals surface area contributed by atoms with Crippen LogP contribution in [0.1, 0.15) is 54.1 Å². The molecule has 1 aliphatic heterocycles. The van der Waals surface area contributed by atoms with Gasteiger partial charge in [0.05, 0.1) is 5.56 Å². The number of hydrogen-bond donors (Lipinski definition) is 2. The van der Waals surface area contributed by atoms with Crippen molar-refractivity contribution in [2.45, 2.75) is 46.1 Å². The van der Waals surface area contributed by atoms with Gasteiger partial charge < -0.3 is 19.9 Å². The first-order chi connectivity index (χ1) is 9.69. The summed E-state index contributed by atoms with van der Waals surface area (Å²) in [5, 5.41) is 12.4. The molecule has 1 atom stereocenters. The van der Waals surface area contributed by atoms with Gasteiger partial charge in [0.1, 0.15) is 5.60 Å². The third-order valence-electron chi connectivity index (χ3n) is 3.13. The Morgan fingerprint density at radius 3 is 2.71 bits per heavy atom. The summed E-state index contributed by atoms with van der Waals surface area (Å²) >= 11 is 0. The predicted molar refractivity (Wildman–Crippen MR) is 74.6 cm³/mol. The lowest BCUT2D eigenvalue weighted by atomic mass is 9.98. The summed E-state index contributed by atoms with van der Waals surface area (Å²) in [6.45, 7) is 7.37. The molecule has 0 bridgehead atoms. The third kappa shape index (κ3) is 3.33. The van der Waals surface area contributed by atoms with Crippen LogP contribution in [0.2, 0.25) is 0 Å². The fourth-order valence-electron chi connectivity index (χ4n) is 2.17. The number of amides is 1. The van der Waals surface area contributed by atoms with Gasteiger partial charge in [0.2, 0.25) is 6.29 Å². The number of esters is 1. The second-order valence-electron chi connectivity index (χ2n) is 5.92. The first kappa shape index (κ1) is 15.3. The largest absolute Gasteiger partial charge is 0.444 e. The monoisotopic (exact) mass is 293 g/mol. The Bertz CT molecular complexity index is 588. The van der Waals surface area contributed by atoms with Crippen molar-refractivity contribution < 1.29 is 24.2 Å². The highest BCUT2D eigenvalue weighted by atomic mass is 16.6. The van der Waals surface area contributed by atoms with Crippen molar-refractivity contribution in [2.75, 3.05) is 0 Å². The number of hydrogen-bond acceptors (Lipinski definition) is 5. The molecule has 0 radical (unpaired) electrons. The van der Waals surface area contributed by atoms with Gasteiger partial charge in [0, 0.05) is 12.1 Å². The quantitative estimate of drug-likeness (QED) is 0.816. The van der Waals surface area contributed by atoms with E-state index in [9.17, 15) is 14.7 Å². The number of carbonyl (C=O) groups excluding carboxylic acids is 2. The Hall–Kier alpha value is -2.08. The van der Waals surface area contributed by atoms with E-state index in [1.54, 1.807) is 39.8 Å². The van der Waals surface area contributed by atoms with Gasteiger partial charge >= 0.3 is 12.1 Å². The molecule has 1 heterocycles. The van der Waals surface area contributed by atoms with Crippen molar-refractivity contribution in [2.24, 2.45) is 0 Å². The number of ether oxygens (including phenoxy) is 2. The molecule has 1 unspecified atom stereocenters. The summed E-state index contributed by atoms with van der Waals surface area (Å²) in [6.07, 6.45) is -1.76. The van der Waals surface area contributed by atoms with Crippen LogP contribution in [0.4, 0.5) is 4.79 Å². The topological polar surface area (TPSA) is 84.9 Å². The molecule has 0 saturated carbocycles. The summed E-state index contributed by atoms with van der Waals surface area (Å²) in [5.74, 6) is -0.535. The first-order valence-corrected chi connectivity index (χ1v) is 6.67. The molecule has 0 saturated heterocycles. The van der Waals surface area contributed by atoms with Crippen LogP contribution in [0.25, 0.3) is 0 Å². The Balaban J connectivity index is 2.11. The number of aliphatic hydroxyl groups excluding tert-OH is 1. The van der Waals surface area contributed by atoms with Crippen molar-refractivity contribution in [3.63, 3.8) is 0 Å². The molecule has 1 amide bonds. The van der Waals surface area contributed by atoms with Gasteiger partial charge in [-0.1, -0.05) is 6.07 Å². The first-order valence-electron chi connectivity index (χ1n) is 6.67. The fourth-order valence-corrected chi connectivity index (χ4v) is 2.17. The predicted octanol–water partition coefficient (Wildman–Crippen LogP) is 2.18. The molecule has 0 aromatic heterocycles. The van der Waals surface area contributed by atoms with Crippen molar-refractivity contribution in [1.29, 1.82) is 0 Å². The Morgan fingerprint density at radius 1 is 1.43 bits per heavy atom. The smallest absolute Gasteiger partial charge is 0.407 e. The van der Waals surface area contributed by atoms with Crippen LogP contribution < -0.4 is 5.32 Å². The number of cyclic esters (lactones) is 1.